The maximum atomic E-state index is 3.60. The molecule has 1 rings (SSSR count). The maximum Gasteiger partial charge on any atom is 0.0326 e. The monoisotopic (exact) mass is 319 g/mol. The second-order valence-electron chi connectivity index (χ2n) is 3.37. The van der Waals surface area contributed by atoms with Crippen molar-refractivity contribution < 1.29 is 0 Å². The van der Waals surface area contributed by atoms with Gasteiger partial charge >= 0.3 is 0 Å². The molecule has 1 unspecified atom stereocenters. The Hall–Kier alpha value is 0.140. The lowest BCUT2D eigenvalue weighted by Crippen LogP contribution is -2.15. The van der Waals surface area contributed by atoms with Gasteiger partial charge in [-0.15, -0.1) is 0 Å². The summed E-state index contributed by atoms with van der Waals surface area (Å²) in [7, 11) is 1.99. The Morgan fingerprint density at radius 3 is 2.43 bits per heavy atom. The lowest BCUT2D eigenvalue weighted by atomic mass is 10.0. The van der Waals surface area contributed by atoms with E-state index in [1.807, 2.05) is 7.05 Å². The summed E-state index contributed by atoms with van der Waals surface area (Å²) in [4.78, 5) is 0. The number of hydrogen-bond acceptors (Lipinski definition) is 1. The maximum absolute atomic E-state index is 3.60. The van der Waals surface area contributed by atoms with Gasteiger partial charge < -0.3 is 5.32 Å². The molecule has 78 valence electrons. The fourth-order valence-electron chi connectivity index (χ4n) is 1.51. The summed E-state index contributed by atoms with van der Waals surface area (Å²) in [6, 6.07) is 4.75. The van der Waals surface area contributed by atoms with Gasteiger partial charge in [0.2, 0.25) is 0 Å². The van der Waals surface area contributed by atoms with Crippen molar-refractivity contribution in [3.63, 3.8) is 0 Å². The molecule has 1 atom stereocenters. The minimum absolute atomic E-state index is 0.418. The minimum Gasteiger partial charge on any atom is -0.313 e. The third-order valence-electron chi connectivity index (χ3n) is 2.41. The van der Waals surface area contributed by atoms with Crippen molar-refractivity contribution in [3.05, 3.63) is 32.2 Å². The van der Waals surface area contributed by atoms with Crippen molar-refractivity contribution in [1.82, 2.24) is 5.32 Å². The summed E-state index contributed by atoms with van der Waals surface area (Å²) in [5, 5.41) is 3.30. The highest BCUT2D eigenvalue weighted by molar-refractivity contribution is 9.11. The van der Waals surface area contributed by atoms with E-state index >= 15 is 0 Å². The number of nitrogens with one attached hydrogen (secondary N) is 1. The predicted molar refractivity (Wildman–Crippen MR) is 68.7 cm³/mol. The van der Waals surface area contributed by atoms with Gasteiger partial charge in [0.1, 0.15) is 0 Å². The zero-order valence-corrected chi connectivity index (χ0v) is 11.9. The van der Waals surface area contributed by atoms with E-state index in [2.05, 4.69) is 63.2 Å². The van der Waals surface area contributed by atoms with E-state index in [9.17, 15) is 0 Å². The molecule has 0 spiro atoms. The van der Waals surface area contributed by atoms with Crippen molar-refractivity contribution >= 4 is 31.9 Å². The van der Waals surface area contributed by atoms with Gasteiger partial charge in [-0.3, -0.25) is 0 Å². The van der Waals surface area contributed by atoms with Crippen molar-refractivity contribution in [2.75, 3.05) is 7.05 Å². The van der Waals surface area contributed by atoms with Gasteiger partial charge in [0, 0.05) is 15.0 Å². The van der Waals surface area contributed by atoms with Crippen LogP contribution in [-0.2, 0) is 0 Å². The molecule has 0 saturated heterocycles. The van der Waals surface area contributed by atoms with Gasteiger partial charge in [0.15, 0.2) is 0 Å². The van der Waals surface area contributed by atoms with Crippen LogP contribution in [-0.4, -0.2) is 7.05 Å². The molecular formula is C11H15Br2N. The van der Waals surface area contributed by atoms with Crippen LogP contribution in [0.15, 0.2) is 21.1 Å². The van der Waals surface area contributed by atoms with E-state index in [0.717, 1.165) is 6.42 Å². The fraction of sp³-hybridized carbons (Fsp3) is 0.455. The minimum atomic E-state index is 0.418. The Morgan fingerprint density at radius 1 is 1.29 bits per heavy atom. The van der Waals surface area contributed by atoms with Crippen LogP contribution in [0.5, 0.6) is 0 Å². The Balaban J connectivity index is 3.14. The Bertz CT molecular complexity index is 319. The number of halogens is 2. The lowest BCUT2D eigenvalue weighted by molar-refractivity contribution is 0.574. The topological polar surface area (TPSA) is 12.0 Å². The average molecular weight is 321 g/mol. The first-order chi connectivity index (χ1) is 6.60. The van der Waals surface area contributed by atoms with Gasteiger partial charge in [0.25, 0.3) is 0 Å². The van der Waals surface area contributed by atoms with Crippen LogP contribution in [0, 0.1) is 6.92 Å². The number of benzene rings is 1. The third kappa shape index (κ3) is 2.59. The Morgan fingerprint density at radius 2 is 1.93 bits per heavy atom. The van der Waals surface area contributed by atoms with Crippen LogP contribution in [0.2, 0.25) is 0 Å². The fourth-order valence-corrected chi connectivity index (χ4v) is 2.60. The highest BCUT2D eigenvalue weighted by Gasteiger charge is 2.11. The summed E-state index contributed by atoms with van der Waals surface area (Å²) in [6.07, 6.45) is 1.09. The largest absolute Gasteiger partial charge is 0.313 e. The molecule has 0 aliphatic carbocycles. The van der Waals surface area contributed by atoms with E-state index in [1.165, 1.54) is 20.1 Å². The summed E-state index contributed by atoms with van der Waals surface area (Å²) in [6.45, 7) is 4.28. The number of rotatable bonds is 3. The molecule has 0 aromatic heterocycles. The van der Waals surface area contributed by atoms with Gasteiger partial charge in [0.05, 0.1) is 0 Å². The molecule has 0 aliphatic rings. The highest BCUT2D eigenvalue weighted by atomic mass is 79.9. The molecular weight excluding hydrogens is 306 g/mol. The summed E-state index contributed by atoms with van der Waals surface area (Å²) in [5.41, 5.74) is 2.57. The number of aryl methyl sites for hydroxylation is 1. The third-order valence-corrected chi connectivity index (χ3v) is 3.95. The van der Waals surface area contributed by atoms with Gasteiger partial charge in [-0.2, -0.15) is 0 Å². The standard InChI is InChI=1S/C11H15Br2N/c1-4-11(14-3)8-6-9(12)7(2)5-10(8)13/h5-6,11,14H,4H2,1-3H3. The summed E-state index contributed by atoms with van der Waals surface area (Å²) >= 11 is 7.16. The lowest BCUT2D eigenvalue weighted by Gasteiger charge is -2.17. The van der Waals surface area contributed by atoms with E-state index in [-0.39, 0.29) is 0 Å². The molecule has 0 saturated carbocycles. The van der Waals surface area contributed by atoms with E-state index in [1.54, 1.807) is 0 Å². The SMILES string of the molecule is CCC(NC)c1cc(Br)c(C)cc1Br. The molecule has 0 amide bonds. The normalized spacial score (nSPS) is 12.9. The highest BCUT2D eigenvalue weighted by Crippen LogP contribution is 2.30. The molecule has 0 fully saturated rings. The molecule has 0 radical (unpaired) electrons. The van der Waals surface area contributed by atoms with E-state index in [4.69, 9.17) is 0 Å². The Kier molecular flexibility index (Phi) is 4.61. The van der Waals surface area contributed by atoms with Crippen molar-refractivity contribution in [1.29, 1.82) is 0 Å². The van der Waals surface area contributed by atoms with Gasteiger partial charge in [-0.25, -0.2) is 0 Å². The second-order valence-corrected chi connectivity index (χ2v) is 5.08. The van der Waals surface area contributed by atoms with Crippen LogP contribution in [0.3, 0.4) is 0 Å². The first kappa shape index (κ1) is 12.2. The van der Waals surface area contributed by atoms with Crippen LogP contribution in [0.1, 0.15) is 30.5 Å². The molecule has 1 nitrogen and oxygen atoms in total. The van der Waals surface area contributed by atoms with Crippen LogP contribution >= 0.6 is 31.9 Å². The number of hydrogen-bond donors (Lipinski definition) is 1. The first-order valence-corrected chi connectivity index (χ1v) is 6.31. The summed E-state index contributed by atoms with van der Waals surface area (Å²) < 4.78 is 2.35. The molecule has 3 heteroatoms. The molecule has 1 N–H and O–H groups in total. The van der Waals surface area contributed by atoms with E-state index < -0.39 is 0 Å². The van der Waals surface area contributed by atoms with Crippen LogP contribution < -0.4 is 5.32 Å². The second kappa shape index (κ2) is 5.29. The van der Waals surface area contributed by atoms with Gasteiger partial charge in [-0.05, 0) is 43.7 Å². The quantitative estimate of drug-likeness (QED) is 0.880. The zero-order chi connectivity index (χ0) is 10.7. The average Bonchev–Trinajstić information content (AvgIpc) is 2.15. The smallest absolute Gasteiger partial charge is 0.0326 e. The van der Waals surface area contributed by atoms with Crippen LogP contribution in [0.25, 0.3) is 0 Å². The molecule has 14 heavy (non-hydrogen) atoms. The van der Waals surface area contributed by atoms with Crippen molar-refractivity contribution in [3.8, 4) is 0 Å². The predicted octanol–water partition coefficient (Wildman–Crippen LogP) is 4.19. The van der Waals surface area contributed by atoms with Crippen molar-refractivity contribution in [2.45, 2.75) is 26.3 Å². The van der Waals surface area contributed by atoms with Gasteiger partial charge in [-0.1, -0.05) is 38.8 Å². The zero-order valence-electron chi connectivity index (χ0n) is 8.70. The molecule has 0 bridgehead atoms. The van der Waals surface area contributed by atoms with Crippen molar-refractivity contribution in [2.24, 2.45) is 0 Å². The molecule has 1 aromatic rings. The Labute approximate surface area is 103 Å². The first-order valence-electron chi connectivity index (χ1n) is 4.73. The molecule has 0 aliphatic heterocycles. The summed E-state index contributed by atoms with van der Waals surface area (Å²) in [5.74, 6) is 0. The molecule has 0 heterocycles. The van der Waals surface area contributed by atoms with E-state index in [0.29, 0.717) is 6.04 Å². The molecule has 1 aromatic carbocycles. The van der Waals surface area contributed by atoms with Crippen LogP contribution in [0.4, 0.5) is 0 Å².